The Kier molecular flexibility index (Phi) is 5.15. The summed E-state index contributed by atoms with van der Waals surface area (Å²) < 4.78 is 1.09. The molecule has 0 radical (unpaired) electrons. The number of halogens is 1. The van der Waals surface area contributed by atoms with Crippen LogP contribution in [0, 0.1) is 0 Å². The number of hydrogen-bond donors (Lipinski definition) is 1. The average molecular weight is 334 g/mol. The molecule has 0 amide bonds. The molecule has 0 saturated heterocycles. The highest BCUT2D eigenvalue weighted by molar-refractivity contribution is 9.10. The molecular formula is C16H20BrN3. The molecule has 1 aromatic heterocycles. The summed E-state index contributed by atoms with van der Waals surface area (Å²) in [6.45, 7) is 5.97. The van der Waals surface area contributed by atoms with E-state index in [9.17, 15) is 0 Å². The van der Waals surface area contributed by atoms with Gasteiger partial charge in [-0.25, -0.2) is 0 Å². The van der Waals surface area contributed by atoms with E-state index in [4.69, 9.17) is 5.73 Å². The molecule has 1 aromatic carbocycles. The second-order valence-corrected chi connectivity index (χ2v) is 5.72. The van der Waals surface area contributed by atoms with Crippen LogP contribution in [0.2, 0.25) is 0 Å². The lowest BCUT2D eigenvalue weighted by Gasteiger charge is -2.25. The monoisotopic (exact) mass is 333 g/mol. The van der Waals surface area contributed by atoms with Crippen LogP contribution in [0.3, 0.4) is 0 Å². The van der Waals surface area contributed by atoms with Crippen molar-refractivity contribution in [3.05, 3.63) is 58.3 Å². The van der Waals surface area contributed by atoms with E-state index >= 15 is 0 Å². The molecule has 1 unspecified atom stereocenters. The summed E-state index contributed by atoms with van der Waals surface area (Å²) in [4.78, 5) is 6.38. The zero-order valence-corrected chi connectivity index (χ0v) is 13.5. The number of pyridine rings is 1. The Morgan fingerprint density at radius 3 is 2.50 bits per heavy atom. The Labute approximate surface area is 129 Å². The van der Waals surface area contributed by atoms with Crippen LogP contribution in [0.5, 0.6) is 0 Å². The Hall–Kier alpha value is -1.39. The van der Waals surface area contributed by atoms with Crippen molar-refractivity contribution in [2.24, 2.45) is 5.73 Å². The number of nitrogens with zero attached hydrogens (tertiary/aromatic N) is 2. The fourth-order valence-corrected chi connectivity index (χ4v) is 2.79. The average Bonchev–Trinajstić information content (AvgIpc) is 2.46. The summed E-state index contributed by atoms with van der Waals surface area (Å²) in [7, 11) is 0. The van der Waals surface area contributed by atoms with Gasteiger partial charge in [0.2, 0.25) is 0 Å². The lowest BCUT2D eigenvalue weighted by Crippen LogP contribution is -2.22. The first-order valence-corrected chi connectivity index (χ1v) is 7.60. The second-order valence-electron chi connectivity index (χ2n) is 4.87. The van der Waals surface area contributed by atoms with E-state index in [2.05, 4.69) is 50.9 Å². The number of aromatic nitrogens is 1. The third kappa shape index (κ3) is 3.58. The largest absolute Gasteiger partial charge is 0.367 e. The highest BCUT2D eigenvalue weighted by Gasteiger charge is 2.11. The summed E-state index contributed by atoms with van der Waals surface area (Å²) in [6, 6.07) is 10.5. The fourth-order valence-electron chi connectivity index (χ4n) is 2.14. The topological polar surface area (TPSA) is 42.2 Å². The van der Waals surface area contributed by atoms with Crippen LogP contribution in [0.1, 0.15) is 31.0 Å². The fraction of sp³-hybridized carbons (Fsp3) is 0.312. The number of hydrogen-bond acceptors (Lipinski definition) is 3. The highest BCUT2D eigenvalue weighted by Crippen LogP contribution is 2.29. The molecule has 0 aliphatic rings. The van der Waals surface area contributed by atoms with E-state index in [1.165, 1.54) is 11.3 Å². The maximum Gasteiger partial charge on any atom is 0.0513 e. The third-order valence-corrected chi connectivity index (χ3v) is 3.98. The molecule has 2 rings (SSSR count). The van der Waals surface area contributed by atoms with Gasteiger partial charge in [0.05, 0.1) is 5.69 Å². The maximum absolute atomic E-state index is 5.92. The van der Waals surface area contributed by atoms with Gasteiger partial charge in [-0.2, -0.15) is 0 Å². The second kappa shape index (κ2) is 6.86. The van der Waals surface area contributed by atoms with Crippen molar-refractivity contribution in [3.8, 4) is 0 Å². The van der Waals surface area contributed by atoms with Crippen LogP contribution in [-0.4, -0.2) is 11.5 Å². The molecule has 20 heavy (non-hydrogen) atoms. The molecule has 0 aliphatic carbocycles. The number of benzene rings is 1. The minimum absolute atomic E-state index is 0.0515. The summed E-state index contributed by atoms with van der Waals surface area (Å²) in [5.74, 6) is 0. The minimum atomic E-state index is 0.0515. The summed E-state index contributed by atoms with van der Waals surface area (Å²) in [5.41, 5.74) is 9.51. The van der Waals surface area contributed by atoms with Crippen molar-refractivity contribution in [2.45, 2.75) is 26.4 Å². The van der Waals surface area contributed by atoms with Crippen LogP contribution in [-0.2, 0) is 6.54 Å². The summed E-state index contributed by atoms with van der Waals surface area (Å²) >= 11 is 3.66. The molecule has 1 heterocycles. The van der Waals surface area contributed by atoms with Gasteiger partial charge in [-0.1, -0.05) is 6.07 Å². The van der Waals surface area contributed by atoms with Crippen LogP contribution < -0.4 is 10.6 Å². The van der Waals surface area contributed by atoms with E-state index < -0.39 is 0 Å². The van der Waals surface area contributed by atoms with Gasteiger partial charge in [0.1, 0.15) is 0 Å². The molecule has 2 N–H and O–H groups in total. The molecule has 106 valence electrons. The zero-order valence-electron chi connectivity index (χ0n) is 11.9. The van der Waals surface area contributed by atoms with Gasteiger partial charge < -0.3 is 10.6 Å². The Balaban J connectivity index is 2.23. The smallest absolute Gasteiger partial charge is 0.0513 e. The molecule has 0 saturated carbocycles. The Morgan fingerprint density at radius 2 is 1.95 bits per heavy atom. The Morgan fingerprint density at radius 1 is 1.25 bits per heavy atom. The van der Waals surface area contributed by atoms with E-state index in [1.54, 1.807) is 0 Å². The van der Waals surface area contributed by atoms with Crippen molar-refractivity contribution >= 4 is 21.6 Å². The van der Waals surface area contributed by atoms with Gasteiger partial charge >= 0.3 is 0 Å². The number of anilines is 1. The first-order valence-electron chi connectivity index (χ1n) is 6.80. The predicted molar refractivity (Wildman–Crippen MR) is 87.7 cm³/mol. The first kappa shape index (κ1) is 15.0. The summed E-state index contributed by atoms with van der Waals surface area (Å²) in [6.07, 6.45) is 3.66. The molecule has 3 nitrogen and oxygen atoms in total. The van der Waals surface area contributed by atoms with Gasteiger partial charge in [-0.15, -0.1) is 0 Å². The molecular weight excluding hydrogens is 314 g/mol. The van der Waals surface area contributed by atoms with E-state index in [1.807, 2.05) is 31.5 Å². The van der Waals surface area contributed by atoms with E-state index in [0.717, 1.165) is 23.1 Å². The van der Waals surface area contributed by atoms with Crippen LogP contribution in [0.4, 0.5) is 5.69 Å². The molecule has 2 aromatic rings. The van der Waals surface area contributed by atoms with E-state index in [0.29, 0.717) is 0 Å². The number of nitrogens with two attached hydrogens (primary N) is 1. The van der Waals surface area contributed by atoms with Crippen LogP contribution in [0.15, 0.2) is 47.2 Å². The quantitative estimate of drug-likeness (QED) is 0.902. The lowest BCUT2D eigenvalue weighted by atomic mass is 10.1. The maximum atomic E-state index is 5.92. The van der Waals surface area contributed by atoms with E-state index in [-0.39, 0.29) is 6.04 Å². The third-order valence-electron chi connectivity index (χ3n) is 3.34. The molecule has 0 bridgehead atoms. The minimum Gasteiger partial charge on any atom is -0.367 e. The Bertz CT molecular complexity index is 555. The highest BCUT2D eigenvalue weighted by atomic mass is 79.9. The summed E-state index contributed by atoms with van der Waals surface area (Å²) in [5, 5.41) is 0. The predicted octanol–water partition coefficient (Wildman–Crippen LogP) is 3.89. The van der Waals surface area contributed by atoms with Gasteiger partial charge in [0, 0.05) is 36.0 Å². The van der Waals surface area contributed by atoms with Crippen molar-refractivity contribution in [1.29, 1.82) is 0 Å². The molecule has 0 fully saturated rings. The van der Waals surface area contributed by atoms with Crippen LogP contribution >= 0.6 is 15.9 Å². The van der Waals surface area contributed by atoms with Crippen molar-refractivity contribution in [2.75, 3.05) is 11.4 Å². The van der Waals surface area contributed by atoms with Crippen LogP contribution in [0.25, 0.3) is 0 Å². The molecule has 0 aliphatic heterocycles. The first-order chi connectivity index (χ1) is 9.61. The van der Waals surface area contributed by atoms with Gasteiger partial charge in [-0.05, 0) is 65.2 Å². The van der Waals surface area contributed by atoms with Gasteiger partial charge in [0.15, 0.2) is 0 Å². The normalized spacial score (nSPS) is 12.2. The lowest BCUT2D eigenvalue weighted by molar-refractivity contribution is 0.808. The molecule has 1 atom stereocenters. The van der Waals surface area contributed by atoms with Crippen molar-refractivity contribution in [3.63, 3.8) is 0 Å². The van der Waals surface area contributed by atoms with Crippen molar-refractivity contribution in [1.82, 2.24) is 4.98 Å². The zero-order chi connectivity index (χ0) is 14.5. The van der Waals surface area contributed by atoms with Gasteiger partial charge in [0.25, 0.3) is 0 Å². The standard InChI is InChI=1S/C16H20BrN3/c1-3-20(11-13-6-8-19-9-7-13)16-5-4-14(12(2)18)10-15(16)17/h4-10,12H,3,11,18H2,1-2H3. The molecule has 4 heteroatoms. The number of rotatable bonds is 5. The molecule has 0 spiro atoms. The van der Waals surface area contributed by atoms with Crippen molar-refractivity contribution < 1.29 is 0 Å². The SMILES string of the molecule is CCN(Cc1ccncc1)c1ccc(C(C)N)cc1Br. The van der Waals surface area contributed by atoms with Gasteiger partial charge in [-0.3, -0.25) is 4.98 Å².